The van der Waals surface area contributed by atoms with Gasteiger partial charge in [0.15, 0.2) is 0 Å². The molecule has 0 aromatic heterocycles. The predicted molar refractivity (Wildman–Crippen MR) is 82.4 cm³/mol. The van der Waals surface area contributed by atoms with Gasteiger partial charge in [0.1, 0.15) is 10.8 Å². The molecule has 0 spiro atoms. The van der Waals surface area contributed by atoms with Gasteiger partial charge in [-0.05, 0) is 25.0 Å². The number of hydrogen-bond acceptors (Lipinski definition) is 4. The van der Waals surface area contributed by atoms with E-state index in [2.05, 4.69) is 0 Å². The van der Waals surface area contributed by atoms with E-state index in [9.17, 15) is 8.42 Å². The molecule has 0 atom stereocenters. The normalized spacial score (nSPS) is 18.4. The van der Waals surface area contributed by atoms with Crippen LogP contribution in [0.25, 0.3) is 0 Å². The Balaban J connectivity index is 2.14. The zero-order valence-corrected chi connectivity index (χ0v) is 13.7. The van der Waals surface area contributed by atoms with Crippen LogP contribution in [-0.4, -0.2) is 34.0 Å². The summed E-state index contributed by atoms with van der Waals surface area (Å²) in [7, 11) is -3.60. The number of benzene rings is 1. The molecule has 0 radical (unpaired) electrons. The molecule has 2 N–H and O–H groups in total. The van der Waals surface area contributed by atoms with Crippen molar-refractivity contribution in [3.05, 3.63) is 28.2 Å². The fourth-order valence-electron chi connectivity index (χ4n) is 2.39. The van der Waals surface area contributed by atoms with Crippen molar-refractivity contribution < 1.29 is 17.9 Å². The van der Waals surface area contributed by atoms with Crippen molar-refractivity contribution >= 4 is 33.2 Å². The molecule has 118 valence electrons. The Morgan fingerprint density at radius 3 is 2.57 bits per heavy atom. The third-order valence-electron chi connectivity index (χ3n) is 3.51. The second-order valence-corrected chi connectivity index (χ2v) is 7.66. The molecular formula is C13H17Cl2NO4S. The van der Waals surface area contributed by atoms with Crippen molar-refractivity contribution in [1.29, 1.82) is 0 Å². The van der Waals surface area contributed by atoms with Gasteiger partial charge in [-0.2, -0.15) is 0 Å². The number of sulfonamides is 1. The highest BCUT2D eigenvalue weighted by Gasteiger charge is 2.37. The molecular weight excluding hydrogens is 337 g/mol. The number of primary sulfonamides is 1. The number of rotatable bonds is 5. The molecule has 1 aliphatic rings. The van der Waals surface area contributed by atoms with Gasteiger partial charge in [-0.15, -0.1) is 0 Å². The van der Waals surface area contributed by atoms with Gasteiger partial charge in [0.2, 0.25) is 10.0 Å². The summed E-state index contributed by atoms with van der Waals surface area (Å²) in [4.78, 5) is 0. The smallest absolute Gasteiger partial charge is 0.209 e. The maximum absolute atomic E-state index is 11.5. The van der Waals surface area contributed by atoms with Gasteiger partial charge in [-0.3, -0.25) is 0 Å². The van der Waals surface area contributed by atoms with Crippen LogP contribution in [0.5, 0.6) is 5.75 Å². The van der Waals surface area contributed by atoms with Crippen LogP contribution < -0.4 is 9.88 Å². The summed E-state index contributed by atoms with van der Waals surface area (Å²) in [5.74, 6) is 0.297. The van der Waals surface area contributed by atoms with Gasteiger partial charge in [-0.1, -0.05) is 29.3 Å². The maximum atomic E-state index is 11.5. The molecule has 8 heteroatoms. The van der Waals surface area contributed by atoms with E-state index in [4.69, 9.17) is 37.8 Å². The number of ether oxygens (including phenoxy) is 2. The molecule has 21 heavy (non-hydrogen) atoms. The summed E-state index contributed by atoms with van der Waals surface area (Å²) in [6.45, 7) is 1.18. The summed E-state index contributed by atoms with van der Waals surface area (Å²) in [5, 5.41) is 5.91. The number of nitrogens with two attached hydrogens (primary N) is 1. The molecule has 0 unspecified atom stereocenters. The first kappa shape index (κ1) is 16.8. The molecule has 1 fully saturated rings. The minimum atomic E-state index is -3.60. The third kappa shape index (κ3) is 4.72. The molecule has 1 heterocycles. The van der Waals surface area contributed by atoms with E-state index < -0.39 is 15.4 Å². The van der Waals surface area contributed by atoms with Gasteiger partial charge >= 0.3 is 0 Å². The predicted octanol–water partition coefficient (Wildman–Crippen LogP) is 2.46. The van der Waals surface area contributed by atoms with Crippen LogP contribution in [0.1, 0.15) is 12.8 Å². The van der Waals surface area contributed by atoms with Crippen LogP contribution >= 0.6 is 23.2 Å². The first-order valence-corrected chi connectivity index (χ1v) is 8.94. The van der Waals surface area contributed by atoms with E-state index in [-0.39, 0.29) is 12.4 Å². The summed E-state index contributed by atoms with van der Waals surface area (Å²) in [6, 6.07) is 5.07. The highest BCUT2D eigenvalue weighted by atomic mass is 35.5. The summed E-state index contributed by atoms with van der Waals surface area (Å²) < 4.78 is 34.0. The highest BCUT2D eigenvalue weighted by Crippen LogP contribution is 2.36. The van der Waals surface area contributed by atoms with E-state index in [1.165, 1.54) is 0 Å². The molecule has 0 amide bonds. The van der Waals surface area contributed by atoms with E-state index in [1.807, 2.05) is 0 Å². The molecule has 1 aliphatic heterocycles. The Morgan fingerprint density at radius 2 is 1.95 bits per heavy atom. The standard InChI is InChI=1S/C13H17Cl2NO4S/c14-10-2-1-3-11(12(10)15)20-8-13(9-21(16,17)18)4-6-19-7-5-13/h1-3H,4-9H2,(H2,16,17,18). The van der Waals surface area contributed by atoms with Crippen LogP contribution in [0.4, 0.5) is 0 Å². The minimum absolute atomic E-state index is 0.137. The van der Waals surface area contributed by atoms with Gasteiger partial charge in [0, 0.05) is 18.6 Å². The molecule has 0 saturated carbocycles. The van der Waals surface area contributed by atoms with Crippen molar-refractivity contribution in [2.24, 2.45) is 10.6 Å². The SMILES string of the molecule is NS(=O)(=O)CC1(COc2cccc(Cl)c2Cl)CCOCC1. The quantitative estimate of drug-likeness (QED) is 0.881. The number of hydrogen-bond donors (Lipinski definition) is 1. The Bertz CT molecular complexity index is 600. The second kappa shape index (κ2) is 6.71. The van der Waals surface area contributed by atoms with E-state index >= 15 is 0 Å². The molecule has 1 aromatic rings. The van der Waals surface area contributed by atoms with Crippen molar-refractivity contribution in [3.8, 4) is 5.75 Å². The molecule has 0 aliphatic carbocycles. The summed E-state index contributed by atoms with van der Waals surface area (Å²) in [6.07, 6.45) is 1.14. The highest BCUT2D eigenvalue weighted by molar-refractivity contribution is 7.89. The van der Waals surface area contributed by atoms with Crippen molar-refractivity contribution in [1.82, 2.24) is 0 Å². The van der Waals surface area contributed by atoms with Crippen LogP contribution in [-0.2, 0) is 14.8 Å². The average Bonchev–Trinajstić information content (AvgIpc) is 2.40. The van der Waals surface area contributed by atoms with Crippen molar-refractivity contribution in [3.63, 3.8) is 0 Å². The van der Waals surface area contributed by atoms with Gasteiger partial charge in [0.05, 0.1) is 17.4 Å². The Morgan fingerprint density at radius 1 is 1.29 bits per heavy atom. The lowest BCUT2D eigenvalue weighted by Crippen LogP contribution is -2.42. The maximum Gasteiger partial charge on any atom is 0.209 e. The van der Waals surface area contributed by atoms with Crippen LogP contribution in [0, 0.1) is 5.41 Å². The zero-order valence-electron chi connectivity index (χ0n) is 11.3. The fourth-order valence-corrected chi connectivity index (χ4v) is 3.96. The molecule has 5 nitrogen and oxygen atoms in total. The van der Waals surface area contributed by atoms with E-state index in [0.717, 1.165) is 0 Å². The van der Waals surface area contributed by atoms with Crippen molar-refractivity contribution in [2.75, 3.05) is 25.6 Å². The largest absolute Gasteiger partial charge is 0.491 e. The van der Waals surface area contributed by atoms with Gasteiger partial charge in [0.25, 0.3) is 0 Å². The Hall–Kier alpha value is -0.530. The summed E-state index contributed by atoms with van der Waals surface area (Å²) >= 11 is 12.0. The Labute approximate surface area is 134 Å². The van der Waals surface area contributed by atoms with E-state index in [1.54, 1.807) is 18.2 Å². The molecule has 1 saturated heterocycles. The average molecular weight is 354 g/mol. The van der Waals surface area contributed by atoms with Crippen molar-refractivity contribution in [2.45, 2.75) is 12.8 Å². The number of halogens is 2. The first-order valence-electron chi connectivity index (χ1n) is 6.46. The lowest BCUT2D eigenvalue weighted by Gasteiger charge is -2.36. The molecule has 2 rings (SSSR count). The van der Waals surface area contributed by atoms with Crippen LogP contribution in [0.15, 0.2) is 18.2 Å². The van der Waals surface area contributed by atoms with E-state index in [0.29, 0.717) is 41.9 Å². The van der Waals surface area contributed by atoms with Gasteiger partial charge < -0.3 is 9.47 Å². The van der Waals surface area contributed by atoms with Gasteiger partial charge in [-0.25, -0.2) is 13.6 Å². The lowest BCUT2D eigenvalue weighted by molar-refractivity contribution is 0.00212. The molecule has 0 bridgehead atoms. The first-order chi connectivity index (χ1) is 9.81. The topological polar surface area (TPSA) is 78.6 Å². The third-order valence-corrected chi connectivity index (χ3v) is 5.33. The zero-order chi connectivity index (χ0) is 15.5. The Kier molecular flexibility index (Phi) is 5.38. The minimum Gasteiger partial charge on any atom is -0.491 e. The van der Waals surface area contributed by atoms with Crippen LogP contribution in [0.2, 0.25) is 10.0 Å². The molecule has 1 aromatic carbocycles. The monoisotopic (exact) mass is 353 g/mol. The lowest BCUT2D eigenvalue weighted by atomic mass is 9.83. The second-order valence-electron chi connectivity index (χ2n) is 5.26. The van der Waals surface area contributed by atoms with Crippen LogP contribution in [0.3, 0.4) is 0 Å². The summed E-state index contributed by atoms with van der Waals surface area (Å²) in [5.41, 5.74) is -0.558. The fraction of sp³-hybridized carbons (Fsp3) is 0.538.